The first-order valence-corrected chi connectivity index (χ1v) is 8.30. The van der Waals surface area contributed by atoms with Crippen molar-refractivity contribution >= 4 is 11.9 Å². The van der Waals surface area contributed by atoms with Gasteiger partial charge < -0.3 is 20.4 Å². The molecule has 1 aliphatic heterocycles. The van der Waals surface area contributed by atoms with Crippen LogP contribution in [-0.4, -0.2) is 68.6 Å². The number of rotatable bonds is 4. The van der Waals surface area contributed by atoms with Crippen molar-refractivity contribution < 1.29 is 9.59 Å². The molecule has 1 aromatic carbocycles. The molecule has 1 aliphatic rings. The van der Waals surface area contributed by atoms with Crippen LogP contribution in [0.25, 0.3) is 0 Å². The number of benzene rings is 1. The number of nitrogens with zero attached hydrogens (tertiary/aromatic N) is 2. The van der Waals surface area contributed by atoms with E-state index in [1.54, 1.807) is 11.9 Å². The summed E-state index contributed by atoms with van der Waals surface area (Å²) in [6.45, 7) is 5.98. The maximum Gasteiger partial charge on any atom is 0.317 e. The maximum absolute atomic E-state index is 12.6. The molecule has 24 heavy (non-hydrogen) atoms. The fourth-order valence-electron chi connectivity index (χ4n) is 3.37. The summed E-state index contributed by atoms with van der Waals surface area (Å²) < 4.78 is 0. The van der Waals surface area contributed by atoms with Crippen LogP contribution in [0, 0.1) is 19.8 Å². The van der Waals surface area contributed by atoms with E-state index in [9.17, 15) is 9.59 Å². The van der Waals surface area contributed by atoms with Gasteiger partial charge in [-0.3, -0.25) is 4.79 Å². The van der Waals surface area contributed by atoms with Crippen LogP contribution in [0.5, 0.6) is 0 Å². The predicted octanol–water partition coefficient (Wildman–Crippen LogP) is 1.23. The molecule has 0 bridgehead atoms. The zero-order chi connectivity index (χ0) is 17.9. The Balaban J connectivity index is 2.12. The van der Waals surface area contributed by atoms with Crippen molar-refractivity contribution in [2.75, 3.05) is 40.8 Å². The van der Waals surface area contributed by atoms with Crippen LogP contribution >= 0.6 is 0 Å². The first-order valence-electron chi connectivity index (χ1n) is 8.30. The van der Waals surface area contributed by atoms with Crippen LogP contribution in [0.3, 0.4) is 0 Å². The third-order valence-electron chi connectivity index (χ3n) is 4.34. The molecule has 1 saturated heterocycles. The first kappa shape index (κ1) is 18.3. The van der Waals surface area contributed by atoms with Gasteiger partial charge in [-0.25, -0.2) is 4.79 Å². The van der Waals surface area contributed by atoms with Gasteiger partial charge in [0.2, 0.25) is 0 Å². The Kier molecular flexibility index (Phi) is 5.83. The molecule has 0 aromatic heterocycles. The number of hydrogen-bond acceptors (Lipinski definition) is 3. The average molecular weight is 332 g/mol. The highest BCUT2D eigenvalue weighted by molar-refractivity contribution is 5.94. The number of likely N-dealkylation sites (tertiary alicyclic amines) is 1. The molecule has 1 aromatic rings. The van der Waals surface area contributed by atoms with Gasteiger partial charge in [0, 0.05) is 38.2 Å². The molecule has 1 fully saturated rings. The van der Waals surface area contributed by atoms with Gasteiger partial charge in [-0.15, -0.1) is 0 Å². The maximum atomic E-state index is 12.6. The van der Waals surface area contributed by atoms with E-state index in [1.165, 1.54) is 0 Å². The van der Waals surface area contributed by atoms with Crippen LogP contribution in [0.4, 0.5) is 4.79 Å². The Morgan fingerprint density at radius 2 is 1.79 bits per heavy atom. The minimum atomic E-state index is -0.0955. The lowest BCUT2D eigenvalue weighted by atomic mass is 10.0. The Hall–Kier alpha value is -2.08. The number of amides is 3. The van der Waals surface area contributed by atoms with Gasteiger partial charge in [0.25, 0.3) is 5.91 Å². The van der Waals surface area contributed by atoms with E-state index in [0.29, 0.717) is 18.7 Å². The van der Waals surface area contributed by atoms with E-state index >= 15 is 0 Å². The third-order valence-corrected chi connectivity index (χ3v) is 4.34. The Bertz CT molecular complexity index is 595. The van der Waals surface area contributed by atoms with Crippen molar-refractivity contribution in [3.63, 3.8) is 0 Å². The second-order valence-corrected chi connectivity index (χ2v) is 6.94. The molecule has 6 nitrogen and oxygen atoms in total. The molecule has 2 N–H and O–H groups in total. The molecule has 3 amide bonds. The average Bonchev–Trinajstić information content (AvgIpc) is 2.87. The van der Waals surface area contributed by atoms with Crippen LogP contribution in [0.2, 0.25) is 0 Å². The van der Waals surface area contributed by atoms with Gasteiger partial charge >= 0.3 is 6.03 Å². The molecule has 2 rings (SSSR count). The third kappa shape index (κ3) is 4.47. The number of carbonyl (C=O) groups is 2. The summed E-state index contributed by atoms with van der Waals surface area (Å²) >= 11 is 0. The van der Waals surface area contributed by atoms with Gasteiger partial charge in [-0.1, -0.05) is 17.2 Å². The number of aryl methyl sites for hydroxylation is 2. The summed E-state index contributed by atoms with van der Waals surface area (Å²) in [6, 6.07) is 5.71. The number of nitrogens with one attached hydrogen (secondary N) is 2. The van der Waals surface area contributed by atoms with Gasteiger partial charge in [-0.05, 0) is 40.1 Å². The number of urea groups is 1. The summed E-state index contributed by atoms with van der Waals surface area (Å²) in [6.07, 6.45) is 0. The van der Waals surface area contributed by atoms with Crippen LogP contribution in [0.1, 0.15) is 21.5 Å². The van der Waals surface area contributed by atoms with E-state index in [1.807, 2.05) is 40.1 Å². The zero-order valence-corrected chi connectivity index (χ0v) is 15.2. The van der Waals surface area contributed by atoms with Crippen LogP contribution < -0.4 is 10.6 Å². The second-order valence-electron chi connectivity index (χ2n) is 6.94. The summed E-state index contributed by atoms with van der Waals surface area (Å²) in [7, 11) is 5.64. The van der Waals surface area contributed by atoms with Crippen molar-refractivity contribution in [3.05, 3.63) is 34.9 Å². The van der Waals surface area contributed by atoms with E-state index in [-0.39, 0.29) is 23.9 Å². The quantitative estimate of drug-likeness (QED) is 0.872. The monoisotopic (exact) mass is 332 g/mol. The molecular formula is C18H28N4O2. The normalized spacial score (nSPS) is 20.3. The summed E-state index contributed by atoms with van der Waals surface area (Å²) in [5.74, 6) is 0.140. The van der Waals surface area contributed by atoms with Crippen LogP contribution in [-0.2, 0) is 0 Å². The molecule has 0 aliphatic carbocycles. The largest absolute Gasteiger partial charge is 0.347 e. The number of carbonyl (C=O) groups excluding carboxylic acids is 2. The second kappa shape index (κ2) is 7.66. The smallest absolute Gasteiger partial charge is 0.317 e. The lowest BCUT2D eigenvalue weighted by Gasteiger charge is -2.22. The van der Waals surface area contributed by atoms with Crippen molar-refractivity contribution in [1.82, 2.24) is 20.4 Å². The molecule has 0 radical (unpaired) electrons. The standard InChI is InChI=1S/C18H28N4O2/c1-12-6-13(2)8-14(7-12)17(23)20-16-11-22(18(24)19-3)10-15(16)9-21(4)5/h6-8,15-16H,9-11H2,1-5H3,(H,19,24)(H,20,23)/t15-,16-/m1/s1. The predicted molar refractivity (Wildman–Crippen MR) is 95.2 cm³/mol. The topological polar surface area (TPSA) is 64.7 Å². The van der Waals surface area contributed by atoms with Gasteiger partial charge in [0.1, 0.15) is 0 Å². The Morgan fingerprint density at radius 1 is 1.17 bits per heavy atom. The molecular weight excluding hydrogens is 304 g/mol. The highest BCUT2D eigenvalue weighted by Gasteiger charge is 2.36. The van der Waals surface area contributed by atoms with Gasteiger partial charge in [-0.2, -0.15) is 0 Å². The molecule has 1 heterocycles. The first-order chi connectivity index (χ1) is 11.3. The number of hydrogen-bond donors (Lipinski definition) is 2. The summed E-state index contributed by atoms with van der Waals surface area (Å²) in [4.78, 5) is 28.4. The van der Waals surface area contributed by atoms with Crippen LogP contribution in [0.15, 0.2) is 18.2 Å². The SMILES string of the molecule is CNC(=O)N1C[C@@H](CN(C)C)[C@H](NC(=O)c2cc(C)cc(C)c2)C1. The zero-order valence-electron chi connectivity index (χ0n) is 15.2. The van der Waals surface area contributed by atoms with Crippen molar-refractivity contribution in [1.29, 1.82) is 0 Å². The molecule has 0 spiro atoms. The van der Waals surface area contributed by atoms with Crippen molar-refractivity contribution in [2.45, 2.75) is 19.9 Å². The lowest BCUT2D eigenvalue weighted by molar-refractivity contribution is 0.0926. The Morgan fingerprint density at radius 3 is 2.33 bits per heavy atom. The van der Waals surface area contributed by atoms with E-state index in [4.69, 9.17) is 0 Å². The van der Waals surface area contributed by atoms with E-state index in [2.05, 4.69) is 21.6 Å². The van der Waals surface area contributed by atoms with Gasteiger partial charge in [0.05, 0.1) is 6.04 Å². The highest BCUT2D eigenvalue weighted by atomic mass is 16.2. The van der Waals surface area contributed by atoms with Crippen molar-refractivity contribution in [3.8, 4) is 0 Å². The lowest BCUT2D eigenvalue weighted by Crippen LogP contribution is -2.44. The van der Waals surface area contributed by atoms with E-state index < -0.39 is 0 Å². The highest BCUT2D eigenvalue weighted by Crippen LogP contribution is 2.19. The summed E-state index contributed by atoms with van der Waals surface area (Å²) in [5.41, 5.74) is 2.82. The minimum Gasteiger partial charge on any atom is -0.347 e. The molecule has 2 atom stereocenters. The fraction of sp³-hybridized carbons (Fsp3) is 0.556. The summed E-state index contributed by atoms with van der Waals surface area (Å²) in [5, 5.41) is 5.79. The fourth-order valence-corrected chi connectivity index (χ4v) is 3.37. The Labute approximate surface area is 144 Å². The van der Waals surface area contributed by atoms with Crippen molar-refractivity contribution in [2.24, 2.45) is 5.92 Å². The molecule has 6 heteroatoms. The van der Waals surface area contributed by atoms with E-state index in [0.717, 1.165) is 17.7 Å². The minimum absolute atomic E-state index is 0.0435. The van der Waals surface area contributed by atoms with Gasteiger partial charge in [0.15, 0.2) is 0 Å². The molecule has 0 saturated carbocycles. The molecule has 132 valence electrons. The molecule has 0 unspecified atom stereocenters.